The summed E-state index contributed by atoms with van der Waals surface area (Å²) < 4.78 is 10.9. The summed E-state index contributed by atoms with van der Waals surface area (Å²) in [6.45, 7) is 3.58. The van der Waals surface area contributed by atoms with Crippen LogP contribution in [0.1, 0.15) is 44.1 Å². The van der Waals surface area contributed by atoms with Crippen LogP contribution in [0.15, 0.2) is 52.2 Å². The third-order valence-corrected chi connectivity index (χ3v) is 5.49. The van der Waals surface area contributed by atoms with Crippen LogP contribution in [0.4, 0.5) is 0 Å². The Kier molecular flexibility index (Phi) is 4.98. The van der Waals surface area contributed by atoms with Crippen LogP contribution in [0, 0.1) is 11.8 Å². The highest BCUT2D eigenvalue weighted by atomic mass is 35.5. The van der Waals surface area contributed by atoms with E-state index in [1.54, 1.807) is 31.4 Å². The highest BCUT2D eigenvalue weighted by Gasteiger charge is 2.43. The smallest absolute Gasteiger partial charge is 0.309 e. The van der Waals surface area contributed by atoms with Gasteiger partial charge >= 0.3 is 5.97 Å². The Bertz CT molecular complexity index is 907. The lowest BCUT2D eigenvalue weighted by molar-refractivity contribution is -0.161. The number of halogens is 1. The van der Waals surface area contributed by atoms with Crippen molar-refractivity contribution in [1.82, 2.24) is 5.01 Å². The average Bonchev–Trinajstić information content (AvgIpc) is 3.08. The van der Waals surface area contributed by atoms with Crippen molar-refractivity contribution < 1.29 is 18.7 Å². The van der Waals surface area contributed by atoms with Crippen LogP contribution in [-0.4, -0.2) is 28.7 Å². The van der Waals surface area contributed by atoms with Crippen molar-refractivity contribution in [1.29, 1.82) is 0 Å². The van der Waals surface area contributed by atoms with Crippen molar-refractivity contribution in [3.05, 3.63) is 59.0 Å². The van der Waals surface area contributed by atoms with Gasteiger partial charge in [-0.1, -0.05) is 30.7 Å². The van der Waals surface area contributed by atoms with Crippen LogP contribution in [0.5, 0.6) is 0 Å². The summed E-state index contributed by atoms with van der Waals surface area (Å²) in [4.78, 5) is 25.1. The molecule has 1 saturated carbocycles. The number of furan rings is 1. The molecule has 2 heterocycles. The van der Waals surface area contributed by atoms with E-state index in [1.807, 2.05) is 25.1 Å². The summed E-state index contributed by atoms with van der Waals surface area (Å²) in [7, 11) is 0. The number of carbonyl (C=O) groups is 2. The van der Waals surface area contributed by atoms with Gasteiger partial charge in [-0.3, -0.25) is 9.59 Å². The van der Waals surface area contributed by atoms with Gasteiger partial charge in [0, 0.05) is 11.4 Å². The molecule has 4 atom stereocenters. The van der Waals surface area contributed by atoms with Gasteiger partial charge in [-0.05, 0) is 49.1 Å². The predicted molar refractivity (Wildman–Crippen MR) is 104 cm³/mol. The predicted octanol–water partition coefficient (Wildman–Crippen LogP) is 4.20. The third-order valence-electron chi connectivity index (χ3n) is 5.24. The number of esters is 1. The van der Waals surface area contributed by atoms with Gasteiger partial charge in [0.2, 0.25) is 0 Å². The van der Waals surface area contributed by atoms with Gasteiger partial charge in [0.1, 0.15) is 11.8 Å². The average molecular weight is 401 g/mol. The van der Waals surface area contributed by atoms with E-state index in [0.29, 0.717) is 23.1 Å². The third kappa shape index (κ3) is 3.69. The number of ether oxygens (including phenoxy) is 1. The second kappa shape index (κ2) is 7.43. The van der Waals surface area contributed by atoms with Crippen molar-refractivity contribution in [2.45, 2.75) is 38.8 Å². The van der Waals surface area contributed by atoms with Crippen LogP contribution >= 0.6 is 11.6 Å². The fraction of sp³-hybridized carbons (Fsp3) is 0.381. The molecule has 1 fully saturated rings. The molecule has 7 heteroatoms. The highest BCUT2D eigenvalue weighted by molar-refractivity contribution is 6.30. The Labute approximate surface area is 168 Å². The van der Waals surface area contributed by atoms with E-state index in [-0.39, 0.29) is 23.8 Å². The topological polar surface area (TPSA) is 72.1 Å². The largest absolute Gasteiger partial charge is 0.467 e. The second-order valence-electron chi connectivity index (χ2n) is 7.37. The van der Waals surface area contributed by atoms with E-state index in [9.17, 15) is 9.59 Å². The fourth-order valence-electron chi connectivity index (χ4n) is 3.38. The van der Waals surface area contributed by atoms with E-state index in [4.69, 9.17) is 20.8 Å². The Morgan fingerprint density at radius 3 is 2.61 bits per heavy atom. The summed E-state index contributed by atoms with van der Waals surface area (Å²) in [5, 5.41) is 6.54. The Morgan fingerprint density at radius 1 is 1.29 bits per heavy atom. The first-order valence-corrected chi connectivity index (χ1v) is 9.72. The number of amides is 1. The molecule has 6 nitrogen and oxygen atoms in total. The molecular formula is C21H21ClN2O4. The van der Waals surface area contributed by atoms with Gasteiger partial charge in [0.05, 0.1) is 17.9 Å². The minimum Gasteiger partial charge on any atom is -0.467 e. The van der Waals surface area contributed by atoms with E-state index in [2.05, 4.69) is 5.10 Å². The summed E-state index contributed by atoms with van der Waals surface area (Å²) in [6.07, 6.45) is 1.97. The van der Waals surface area contributed by atoms with Crippen molar-refractivity contribution in [2.24, 2.45) is 16.9 Å². The number of nitrogens with zero attached hydrogens (tertiary/aromatic N) is 2. The summed E-state index contributed by atoms with van der Waals surface area (Å²) in [5.41, 5.74) is 1.63. The van der Waals surface area contributed by atoms with Gasteiger partial charge in [-0.2, -0.15) is 5.10 Å². The standard InChI is InChI=1S/C21H21ClN2O4/c1-12-10-16(12)21(26)28-13(2)20(25)24-18(19-4-3-9-27-19)11-17(23-24)14-5-7-15(22)8-6-14/h3-9,12-13,16,18H,10-11H2,1-2H3/t12-,13-,16-,18-/m0/s1. The lowest BCUT2D eigenvalue weighted by Gasteiger charge is -2.23. The minimum absolute atomic E-state index is 0.0946. The monoisotopic (exact) mass is 400 g/mol. The molecule has 1 aliphatic carbocycles. The zero-order chi connectivity index (χ0) is 19.8. The van der Waals surface area contributed by atoms with E-state index < -0.39 is 6.10 Å². The first kappa shape index (κ1) is 18.7. The molecule has 0 spiro atoms. The minimum atomic E-state index is -0.911. The summed E-state index contributed by atoms with van der Waals surface area (Å²) in [6, 6.07) is 10.5. The second-order valence-corrected chi connectivity index (χ2v) is 7.81. The molecule has 0 bridgehead atoms. The number of hydrogen-bond donors (Lipinski definition) is 0. The normalized spacial score (nSPS) is 24.6. The van der Waals surface area contributed by atoms with Crippen LogP contribution in [0.25, 0.3) is 0 Å². The zero-order valence-corrected chi connectivity index (χ0v) is 16.4. The van der Waals surface area contributed by atoms with Gasteiger partial charge in [-0.25, -0.2) is 5.01 Å². The highest BCUT2D eigenvalue weighted by Crippen LogP contribution is 2.39. The maximum absolute atomic E-state index is 13.0. The van der Waals surface area contributed by atoms with Crippen LogP contribution < -0.4 is 0 Å². The Balaban J connectivity index is 1.56. The Hall–Kier alpha value is -2.60. The zero-order valence-electron chi connectivity index (χ0n) is 15.7. The van der Waals surface area contributed by atoms with Crippen molar-refractivity contribution in [3.8, 4) is 0 Å². The van der Waals surface area contributed by atoms with Crippen molar-refractivity contribution in [2.75, 3.05) is 0 Å². The van der Waals surface area contributed by atoms with Crippen molar-refractivity contribution in [3.63, 3.8) is 0 Å². The van der Waals surface area contributed by atoms with Gasteiger partial charge in [-0.15, -0.1) is 0 Å². The van der Waals surface area contributed by atoms with Crippen molar-refractivity contribution >= 4 is 29.2 Å². The lowest BCUT2D eigenvalue weighted by Crippen LogP contribution is -2.37. The molecule has 4 rings (SSSR count). The van der Waals surface area contributed by atoms with Crippen LogP contribution in [0.3, 0.4) is 0 Å². The summed E-state index contributed by atoms with van der Waals surface area (Å²) in [5.74, 6) is 0.182. The molecule has 0 N–H and O–H groups in total. The van der Waals surface area contributed by atoms with E-state index in [1.165, 1.54) is 5.01 Å². The quantitative estimate of drug-likeness (QED) is 0.705. The summed E-state index contributed by atoms with van der Waals surface area (Å²) >= 11 is 5.97. The molecule has 1 aliphatic heterocycles. The van der Waals surface area contributed by atoms with E-state index in [0.717, 1.165) is 17.7 Å². The fourth-order valence-corrected chi connectivity index (χ4v) is 3.51. The molecule has 1 aromatic carbocycles. The number of rotatable bonds is 5. The Morgan fingerprint density at radius 2 is 2.00 bits per heavy atom. The molecule has 146 valence electrons. The number of hydrazone groups is 1. The van der Waals surface area contributed by atoms with Crippen LogP contribution in [0.2, 0.25) is 5.02 Å². The molecule has 1 aromatic heterocycles. The molecule has 28 heavy (non-hydrogen) atoms. The number of benzene rings is 1. The van der Waals surface area contributed by atoms with Gasteiger partial charge < -0.3 is 9.15 Å². The maximum Gasteiger partial charge on any atom is 0.309 e. The molecule has 2 aliphatic rings. The molecule has 2 aromatic rings. The SMILES string of the molecule is C[C@H](OC(=O)[C@H]1C[C@@H]1C)C(=O)N1N=C(c2ccc(Cl)cc2)C[C@H]1c1ccco1. The van der Waals surface area contributed by atoms with Crippen LogP contribution in [-0.2, 0) is 14.3 Å². The van der Waals surface area contributed by atoms with E-state index >= 15 is 0 Å². The molecule has 0 saturated heterocycles. The van der Waals surface area contributed by atoms with Gasteiger partial charge in [0.15, 0.2) is 6.10 Å². The molecule has 0 unspecified atom stereocenters. The first-order valence-electron chi connectivity index (χ1n) is 9.34. The molecule has 1 amide bonds. The first-order chi connectivity index (χ1) is 13.4. The molecular weight excluding hydrogens is 380 g/mol. The molecule has 0 radical (unpaired) electrons. The number of hydrogen-bond acceptors (Lipinski definition) is 5. The van der Waals surface area contributed by atoms with Gasteiger partial charge in [0.25, 0.3) is 5.91 Å². The lowest BCUT2D eigenvalue weighted by atomic mass is 10.0. The maximum atomic E-state index is 13.0. The number of carbonyl (C=O) groups excluding carboxylic acids is 2.